The van der Waals surface area contributed by atoms with Crippen molar-refractivity contribution in [1.29, 1.82) is 0 Å². The summed E-state index contributed by atoms with van der Waals surface area (Å²) in [5, 5.41) is 5.70. The predicted octanol–water partition coefficient (Wildman–Crippen LogP) is 4.80. The van der Waals surface area contributed by atoms with Gasteiger partial charge in [-0.15, -0.1) is 0 Å². The van der Waals surface area contributed by atoms with E-state index < -0.39 is 6.10 Å². The Hall–Kier alpha value is -3.80. The maximum absolute atomic E-state index is 12.5. The van der Waals surface area contributed by atoms with Crippen LogP contribution in [0.5, 0.6) is 11.5 Å². The van der Waals surface area contributed by atoms with E-state index in [0.717, 1.165) is 5.56 Å². The molecule has 2 amide bonds. The lowest BCUT2D eigenvalue weighted by Crippen LogP contribution is -2.30. The number of carbonyl (C=O) groups is 2. The molecular weight excluding hydrogens is 380 g/mol. The highest BCUT2D eigenvalue weighted by molar-refractivity contribution is 6.05. The molecule has 1 atom stereocenters. The quantitative estimate of drug-likeness (QED) is 0.643. The summed E-state index contributed by atoms with van der Waals surface area (Å²) in [6.07, 6.45) is -0.634. The molecule has 0 radical (unpaired) electrons. The van der Waals surface area contributed by atoms with Crippen LogP contribution in [-0.2, 0) is 4.79 Å². The molecule has 6 heteroatoms. The minimum Gasteiger partial charge on any atom is -0.491 e. The molecule has 30 heavy (non-hydrogen) atoms. The summed E-state index contributed by atoms with van der Waals surface area (Å²) < 4.78 is 11.5. The molecule has 1 heterocycles. The van der Waals surface area contributed by atoms with Crippen LogP contribution in [0, 0.1) is 0 Å². The van der Waals surface area contributed by atoms with Gasteiger partial charge >= 0.3 is 0 Å². The highest BCUT2D eigenvalue weighted by atomic mass is 16.5. The summed E-state index contributed by atoms with van der Waals surface area (Å²) in [4.78, 5) is 25.0. The molecule has 1 aliphatic heterocycles. The Balaban J connectivity index is 1.47. The Bertz CT molecular complexity index is 1060. The first kappa shape index (κ1) is 19.5. The van der Waals surface area contributed by atoms with Crippen LogP contribution in [0.2, 0.25) is 0 Å². The molecule has 0 bridgehead atoms. The van der Waals surface area contributed by atoms with E-state index in [1.165, 1.54) is 0 Å². The van der Waals surface area contributed by atoms with E-state index in [-0.39, 0.29) is 17.9 Å². The highest BCUT2D eigenvalue weighted by Crippen LogP contribution is 2.36. The molecule has 0 fully saturated rings. The van der Waals surface area contributed by atoms with Crippen LogP contribution in [0.15, 0.2) is 72.8 Å². The van der Waals surface area contributed by atoms with Gasteiger partial charge in [0.15, 0.2) is 0 Å². The lowest BCUT2D eigenvalue weighted by molar-refractivity contribution is -0.123. The number of ether oxygens (including phenoxy) is 2. The number of hydrogen-bond acceptors (Lipinski definition) is 4. The first-order chi connectivity index (χ1) is 14.5. The second-order valence-corrected chi connectivity index (χ2v) is 7.25. The normalized spacial score (nSPS) is 15.0. The predicted molar refractivity (Wildman–Crippen MR) is 115 cm³/mol. The summed E-state index contributed by atoms with van der Waals surface area (Å²) in [5.74, 6) is 0.758. The monoisotopic (exact) mass is 402 g/mol. The van der Waals surface area contributed by atoms with Crippen LogP contribution in [0.4, 0.5) is 11.4 Å². The van der Waals surface area contributed by atoms with Crippen LogP contribution in [-0.4, -0.2) is 17.9 Å². The number of fused-ring (bicyclic) bond motifs is 1. The number of anilines is 2. The van der Waals surface area contributed by atoms with Crippen LogP contribution < -0.4 is 20.1 Å². The van der Waals surface area contributed by atoms with E-state index >= 15 is 0 Å². The van der Waals surface area contributed by atoms with Crippen molar-refractivity contribution in [1.82, 2.24) is 0 Å². The summed E-state index contributed by atoms with van der Waals surface area (Å²) in [5.41, 5.74) is 2.37. The molecule has 0 aromatic heterocycles. The molecule has 1 aliphatic rings. The van der Waals surface area contributed by atoms with Gasteiger partial charge in [0.05, 0.1) is 11.8 Å². The molecule has 0 saturated carbocycles. The Labute approximate surface area is 174 Å². The van der Waals surface area contributed by atoms with Crippen molar-refractivity contribution >= 4 is 23.2 Å². The van der Waals surface area contributed by atoms with E-state index in [4.69, 9.17) is 9.47 Å². The van der Waals surface area contributed by atoms with Crippen LogP contribution >= 0.6 is 0 Å². The van der Waals surface area contributed by atoms with Crippen molar-refractivity contribution < 1.29 is 19.1 Å². The van der Waals surface area contributed by atoms with Gasteiger partial charge in [-0.25, -0.2) is 0 Å². The summed E-state index contributed by atoms with van der Waals surface area (Å²) in [6.45, 7) is 3.89. The molecule has 3 aromatic carbocycles. The van der Waals surface area contributed by atoms with E-state index in [1.807, 2.05) is 44.2 Å². The molecule has 2 N–H and O–H groups in total. The third-order valence-corrected chi connectivity index (χ3v) is 4.57. The standard InChI is InChI=1S/C24H22N2O4/c1-15(2)29-19-11-8-17(9-12-19)23(27)25-18-10-13-21-20(14-18)26-24(28)22(30-21)16-6-4-3-5-7-16/h3-15,22H,1-2H3,(H,25,27)(H,26,28). The SMILES string of the molecule is CC(C)Oc1ccc(C(=O)Nc2ccc3c(c2)NC(=O)C(c2ccccc2)O3)cc1. The fourth-order valence-corrected chi connectivity index (χ4v) is 3.19. The second kappa shape index (κ2) is 8.29. The first-order valence-electron chi connectivity index (χ1n) is 9.74. The third-order valence-electron chi connectivity index (χ3n) is 4.57. The zero-order chi connectivity index (χ0) is 21.1. The largest absolute Gasteiger partial charge is 0.491 e. The summed E-state index contributed by atoms with van der Waals surface area (Å²) in [6, 6.07) is 21.4. The van der Waals surface area contributed by atoms with E-state index in [2.05, 4.69) is 10.6 Å². The van der Waals surface area contributed by atoms with Crippen molar-refractivity contribution in [2.24, 2.45) is 0 Å². The Morgan fingerprint density at radius 1 is 1.03 bits per heavy atom. The van der Waals surface area contributed by atoms with Crippen LogP contribution in [0.3, 0.4) is 0 Å². The fourth-order valence-electron chi connectivity index (χ4n) is 3.19. The second-order valence-electron chi connectivity index (χ2n) is 7.25. The van der Waals surface area contributed by atoms with E-state index in [9.17, 15) is 9.59 Å². The molecule has 3 aromatic rings. The Morgan fingerprint density at radius 3 is 2.47 bits per heavy atom. The minimum atomic E-state index is -0.703. The minimum absolute atomic E-state index is 0.0686. The highest BCUT2D eigenvalue weighted by Gasteiger charge is 2.29. The average molecular weight is 402 g/mol. The number of rotatable bonds is 5. The molecule has 0 aliphatic carbocycles. The molecular formula is C24H22N2O4. The van der Waals surface area contributed by atoms with Crippen LogP contribution in [0.1, 0.15) is 35.9 Å². The molecule has 152 valence electrons. The smallest absolute Gasteiger partial charge is 0.270 e. The molecule has 4 rings (SSSR count). The average Bonchev–Trinajstić information content (AvgIpc) is 2.74. The zero-order valence-corrected chi connectivity index (χ0v) is 16.7. The van der Waals surface area contributed by atoms with Gasteiger partial charge in [-0.05, 0) is 56.3 Å². The van der Waals surface area contributed by atoms with Gasteiger partial charge in [-0.1, -0.05) is 30.3 Å². The first-order valence-corrected chi connectivity index (χ1v) is 9.74. The molecule has 1 unspecified atom stereocenters. The molecule has 0 saturated heterocycles. The number of amides is 2. The van der Waals surface area contributed by atoms with Crippen molar-refractivity contribution in [3.63, 3.8) is 0 Å². The number of benzene rings is 3. The maximum Gasteiger partial charge on any atom is 0.270 e. The van der Waals surface area contributed by atoms with Gasteiger partial charge < -0.3 is 20.1 Å². The fraction of sp³-hybridized carbons (Fsp3) is 0.167. The summed E-state index contributed by atoms with van der Waals surface area (Å²) in [7, 11) is 0. The number of carbonyl (C=O) groups excluding carboxylic acids is 2. The Morgan fingerprint density at radius 2 is 1.77 bits per heavy atom. The van der Waals surface area contributed by atoms with Crippen LogP contribution in [0.25, 0.3) is 0 Å². The van der Waals surface area contributed by atoms with Gasteiger partial charge in [0, 0.05) is 16.8 Å². The van der Waals surface area contributed by atoms with Gasteiger partial charge in [0.2, 0.25) is 6.10 Å². The zero-order valence-electron chi connectivity index (χ0n) is 16.7. The van der Waals surface area contributed by atoms with E-state index in [1.54, 1.807) is 42.5 Å². The van der Waals surface area contributed by atoms with Gasteiger partial charge in [-0.2, -0.15) is 0 Å². The lowest BCUT2D eigenvalue weighted by atomic mass is 10.1. The van der Waals surface area contributed by atoms with Gasteiger partial charge in [-0.3, -0.25) is 9.59 Å². The number of hydrogen-bond donors (Lipinski definition) is 2. The van der Waals surface area contributed by atoms with Crippen molar-refractivity contribution in [3.8, 4) is 11.5 Å². The number of nitrogens with one attached hydrogen (secondary N) is 2. The Kier molecular flexibility index (Phi) is 5.39. The summed E-state index contributed by atoms with van der Waals surface area (Å²) >= 11 is 0. The molecule has 0 spiro atoms. The van der Waals surface area contributed by atoms with Crippen molar-refractivity contribution in [3.05, 3.63) is 83.9 Å². The maximum atomic E-state index is 12.5. The lowest BCUT2D eigenvalue weighted by Gasteiger charge is -2.26. The topological polar surface area (TPSA) is 76.7 Å². The third kappa shape index (κ3) is 4.27. The molecule has 6 nitrogen and oxygen atoms in total. The van der Waals surface area contributed by atoms with Crippen molar-refractivity contribution in [2.75, 3.05) is 10.6 Å². The van der Waals surface area contributed by atoms with Gasteiger partial charge in [0.25, 0.3) is 11.8 Å². The van der Waals surface area contributed by atoms with Crippen molar-refractivity contribution in [2.45, 2.75) is 26.1 Å². The van der Waals surface area contributed by atoms with E-state index in [0.29, 0.717) is 28.4 Å². The van der Waals surface area contributed by atoms with Gasteiger partial charge in [0.1, 0.15) is 11.5 Å².